The van der Waals surface area contributed by atoms with Gasteiger partial charge < -0.3 is 9.15 Å². The Morgan fingerprint density at radius 3 is 1.88 bits per heavy atom. The van der Waals surface area contributed by atoms with E-state index in [9.17, 15) is 0 Å². The van der Waals surface area contributed by atoms with Crippen LogP contribution in [0.3, 0.4) is 0 Å². The molecule has 1 aromatic heterocycles. The monoisotopic (exact) mass is 636 g/mol. The van der Waals surface area contributed by atoms with Crippen LogP contribution in [0.4, 0.5) is 0 Å². The first-order chi connectivity index (χ1) is 24.8. The van der Waals surface area contributed by atoms with Crippen LogP contribution in [0.15, 0.2) is 174 Å². The van der Waals surface area contributed by atoms with Crippen molar-refractivity contribution in [2.45, 2.75) is 0 Å². The normalized spacial score (nSPS) is 12.2. The molecule has 9 aromatic carbocycles. The Labute approximate surface area is 288 Å². The minimum absolute atomic E-state index is 0.855. The van der Waals surface area contributed by atoms with Gasteiger partial charge in [0.25, 0.3) is 0 Å². The molecule has 10 aromatic rings. The Morgan fingerprint density at radius 2 is 0.960 bits per heavy atom. The van der Waals surface area contributed by atoms with E-state index in [2.05, 4.69) is 158 Å². The predicted octanol–water partition coefficient (Wildman–Crippen LogP) is 13.8. The molecule has 0 saturated carbocycles. The summed E-state index contributed by atoms with van der Waals surface area (Å²) in [6.07, 6.45) is 0. The van der Waals surface area contributed by atoms with Gasteiger partial charge in [-0.3, -0.25) is 0 Å². The lowest BCUT2D eigenvalue weighted by molar-refractivity contribution is 0.487. The number of fused-ring (bicyclic) bond motifs is 9. The standard InChI is InChI=1S/C48H28O2/c1-2-11-29(12-3-1)30-13-8-14-31(25-30)40-27-42-38-19-10-22-45-47(38)43(28-41(42)35-16-5-4-15-34(35)40)37-24-23-32(26-46(37)49-45)33-18-9-20-39-36-17-6-7-21-44(36)50-48(33)39/h1-28H. The summed E-state index contributed by atoms with van der Waals surface area (Å²) in [6.45, 7) is 0. The van der Waals surface area contributed by atoms with E-state index in [1.165, 1.54) is 54.7 Å². The van der Waals surface area contributed by atoms with E-state index in [1.807, 2.05) is 12.1 Å². The molecule has 0 bridgehead atoms. The van der Waals surface area contributed by atoms with Crippen molar-refractivity contribution in [2.24, 2.45) is 0 Å². The number of furan rings is 1. The number of hydrogen-bond donors (Lipinski definition) is 0. The fraction of sp³-hybridized carbons (Fsp3) is 0. The summed E-state index contributed by atoms with van der Waals surface area (Å²) >= 11 is 0. The second-order valence-electron chi connectivity index (χ2n) is 13.2. The zero-order chi connectivity index (χ0) is 32.8. The molecule has 11 rings (SSSR count). The zero-order valence-electron chi connectivity index (χ0n) is 27.0. The molecule has 2 heterocycles. The summed E-state index contributed by atoms with van der Waals surface area (Å²) in [5, 5.41) is 9.56. The van der Waals surface area contributed by atoms with Crippen molar-refractivity contribution in [3.8, 4) is 56.0 Å². The first-order valence-electron chi connectivity index (χ1n) is 17.1. The van der Waals surface area contributed by atoms with E-state index in [0.717, 1.165) is 55.5 Å². The number of para-hydroxylation sites is 2. The van der Waals surface area contributed by atoms with Crippen molar-refractivity contribution < 1.29 is 9.15 Å². The van der Waals surface area contributed by atoms with Crippen molar-refractivity contribution >= 4 is 54.3 Å². The van der Waals surface area contributed by atoms with E-state index >= 15 is 0 Å². The fourth-order valence-corrected chi connectivity index (χ4v) is 8.15. The van der Waals surface area contributed by atoms with Gasteiger partial charge in [-0.25, -0.2) is 0 Å². The Morgan fingerprint density at radius 1 is 0.300 bits per heavy atom. The lowest BCUT2D eigenvalue weighted by Gasteiger charge is -2.24. The zero-order valence-corrected chi connectivity index (χ0v) is 27.0. The Hall–Kier alpha value is -6.64. The molecule has 0 N–H and O–H groups in total. The number of rotatable bonds is 3. The lowest BCUT2D eigenvalue weighted by atomic mass is 9.86. The second kappa shape index (κ2) is 10.4. The Bertz CT molecular complexity index is 3000. The van der Waals surface area contributed by atoms with Crippen molar-refractivity contribution in [3.05, 3.63) is 170 Å². The molecule has 0 aliphatic carbocycles. The largest absolute Gasteiger partial charge is 0.456 e. The van der Waals surface area contributed by atoms with Crippen LogP contribution >= 0.6 is 0 Å². The molecule has 232 valence electrons. The van der Waals surface area contributed by atoms with Crippen molar-refractivity contribution in [1.29, 1.82) is 0 Å². The summed E-state index contributed by atoms with van der Waals surface area (Å²) in [6, 6.07) is 60.8. The minimum atomic E-state index is 0.855. The predicted molar refractivity (Wildman–Crippen MR) is 208 cm³/mol. The van der Waals surface area contributed by atoms with E-state index in [-0.39, 0.29) is 0 Å². The highest BCUT2D eigenvalue weighted by Crippen LogP contribution is 2.51. The summed E-state index contributed by atoms with van der Waals surface area (Å²) < 4.78 is 13.2. The summed E-state index contributed by atoms with van der Waals surface area (Å²) in [7, 11) is 0. The molecule has 0 unspecified atom stereocenters. The van der Waals surface area contributed by atoms with Crippen LogP contribution in [0, 0.1) is 0 Å². The third-order valence-electron chi connectivity index (χ3n) is 10.4. The van der Waals surface area contributed by atoms with Crippen LogP contribution in [-0.4, -0.2) is 0 Å². The molecular formula is C48H28O2. The van der Waals surface area contributed by atoms with Crippen LogP contribution in [0.25, 0.3) is 98.8 Å². The highest BCUT2D eigenvalue weighted by atomic mass is 16.5. The summed E-state index contributed by atoms with van der Waals surface area (Å²) in [4.78, 5) is 0. The van der Waals surface area contributed by atoms with E-state index in [4.69, 9.17) is 9.15 Å². The SMILES string of the molecule is c1ccc(-c2cccc(-c3cc4c5cccc6c5c(cc4c4ccccc34)-c3ccc(-c4cccc5c4oc4ccccc45)cc3O6)c2)cc1. The highest BCUT2D eigenvalue weighted by molar-refractivity contribution is 6.25. The van der Waals surface area contributed by atoms with Crippen molar-refractivity contribution in [2.75, 3.05) is 0 Å². The van der Waals surface area contributed by atoms with Gasteiger partial charge in [-0.05, 0) is 103 Å². The van der Waals surface area contributed by atoms with Gasteiger partial charge in [0.2, 0.25) is 0 Å². The highest BCUT2D eigenvalue weighted by Gasteiger charge is 2.24. The number of benzene rings is 9. The van der Waals surface area contributed by atoms with Crippen molar-refractivity contribution in [1.82, 2.24) is 0 Å². The van der Waals surface area contributed by atoms with Gasteiger partial charge in [0.15, 0.2) is 0 Å². The van der Waals surface area contributed by atoms with Gasteiger partial charge in [0.1, 0.15) is 22.7 Å². The third kappa shape index (κ3) is 3.96. The molecule has 1 aliphatic rings. The van der Waals surface area contributed by atoms with Gasteiger partial charge in [0.05, 0.1) is 0 Å². The first kappa shape index (κ1) is 27.3. The second-order valence-corrected chi connectivity index (χ2v) is 13.2. The fourth-order valence-electron chi connectivity index (χ4n) is 8.15. The Balaban J connectivity index is 1.12. The van der Waals surface area contributed by atoms with Crippen molar-refractivity contribution in [3.63, 3.8) is 0 Å². The number of hydrogen-bond acceptors (Lipinski definition) is 2. The quantitative estimate of drug-likeness (QED) is 0.180. The molecule has 0 radical (unpaired) electrons. The molecule has 0 atom stereocenters. The maximum Gasteiger partial charge on any atom is 0.143 e. The van der Waals surface area contributed by atoms with Gasteiger partial charge in [-0.2, -0.15) is 0 Å². The summed E-state index contributed by atoms with van der Waals surface area (Å²) in [5.41, 5.74) is 11.1. The van der Waals surface area contributed by atoms with E-state index in [1.54, 1.807) is 0 Å². The van der Waals surface area contributed by atoms with E-state index < -0.39 is 0 Å². The molecule has 2 nitrogen and oxygen atoms in total. The Kier molecular flexibility index (Phi) is 5.70. The average molecular weight is 637 g/mol. The maximum absolute atomic E-state index is 6.77. The smallest absolute Gasteiger partial charge is 0.143 e. The first-order valence-corrected chi connectivity index (χ1v) is 17.1. The van der Waals surface area contributed by atoms with Gasteiger partial charge in [0, 0.05) is 27.3 Å². The topological polar surface area (TPSA) is 22.4 Å². The molecular weight excluding hydrogens is 609 g/mol. The molecule has 2 heteroatoms. The van der Waals surface area contributed by atoms with Gasteiger partial charge in [-0.1, -0.05) is 127 Å². The van der Waals surface area contributed by atoms with Gasteiger partial charge >= 0.3 is 0 Å². The van der Waals surface area contributed by atoms with Gasteiger partial charge in [-0.15, -0.1) is 0 Å². The maximum atomic E-state index is 6.77. The molecule has 0 spiro atoms. The number of ether oxygens (including phenoxy) is 1. The average Bonchev–Trinajstić information content (AvgIpc) is 3.57. The molecule has 50 heavy (non-hydrogen) atoms. The van der Waals surface area contributed by atoms with Crippen LogP contribution in [0.2, 0.25) is 0 Å². The van der Waals surface area contributed by atoms with Crippen LogP contribution in [0.1, 0.15) is 0 Å². The summed E-state index contributed by atoms with van der Waals surface area (Å²) in [5.74, 6) is 1.74. The van der Waals surface area contributed by atoms with E-state index in [0.29, 0.717) is 0 Å². The van der Waals surface area contributed by atoms with Crippen LogP contribution in [0.5, 0.6) is 11.5 Å². The molecule has 0 fully saturated rings. The van der Waals surface area contributed by atoms with Crippen LogP contribution in [-0.2, 0) is 0 Å². The molecule has 0 saturated heterocycles. The minimum Gasteiger partial charge on any atom is -0.456 e. The molecule has 1 aliphatic heterocycles. The third-order valence-corrected chi connectivity index (χ3v) is 10.4. The van der Waals surface area contributed by atoms with Crippen LogP contribution < -0.4 is 4.74 Å². The lowest BCUT2D eigenvalue weighted by Crippen LogP contribution is -1.98. The molecule has 0 amide bonds.